The van der Waals surface area contributed by atoms with Crippen molar-refractivity contribution in [1.29, 1.82) is 0 Å². The normalized spacial score (nSPS) is 9.38. The Balaban J connectivity index is 0. The first-order valence-corrected chi connectivity index (χ1v) is 5.82. The molecule has 0 N–H and O–H groups in total. The number of hydrogen-bond donors (Lipinski definition) is 0. The van der Waals surface area contributed by atoms with E-state index >= 15 is 0 Å². The molecule has 4 heteroatoms. The van der Waals surface area contributed by atoms with E-state index in [0.29, 0.717) is 6.61 Å². The number of ether oxygens (including phenoxy) is 1. The summed E-state index contributed by atoms with van der Waals surface area (Å²) in [5, 5.41) is 0. The Morgan fingerprint density at radius 3 is 2.12 bits per heavy atom. The summed E-state index contributed by atoms with van der Waals surface area (Å²) in [5.74, 6) is -0.529. The van der Waals surface area contributed by atoms with E-state index < -0.39 is 5.97 Å². The second-order valence-corrected chi connectivity index (χ2v) is 3.87. The number of unbranched alkanes of at least 4 members (excludes halogenated alkanes) is 5. The predicted octanol–water partition coefficient (Wildman–Crippen LogP) is 2.87. The maximum atomic E-state index is 10.9. The molecule has 0 fully saturated rings. The van der Waals surface area contributed by atoms with Crippen molar-refractivity contribution < 1.29 is 31.7 Å². The minimum Gasteiger partial charge on any atom is -0.465 e. The molecule has 0 aliphatic heterocycles. The molecule has 0 saturated heterocycles. The van der Waals surface area contributed by atoms with Crippen LogP contribution >= 0.6 is 0 Å². The van der Waals surface area contributed by atoms with Crippen molar-refractivity contribution in [3.63, 3.8) is 0 Å². The van der Waals surface area contributed by atoms with Crippen LogP contribution in [0, 0.1) is 0 Å². The van der Waals surface area contributed by atoms with Crippen LogP contribution in [0.15, 0.2) is 0 Å². The number of carbonyl (C=O) groups is 2. The van der Waals surface area contributed by atoms with Gasteiger partial charge in [-0.1, -0.05) is 39.0 Å². The quantitative estimate of drug-likeness (QED) is 0.366. The minimum absolute atomic E-state index is 0. The first-order valence-electron chi connectivity index (χ1n) is 5.82. The standard InChI is InChI=1S/C12H22O3.Cr/c1-3-4-5-6-7-8-9-15-12(14)10-11(2)13;/h3-10H2,1-2H3;. The van der Waals surface area contributed by atoms with Crippen molar-refractivity contribution in [3.05, 3.63) is 0 Å². The van der Waals surface area contributed by atoms with Gasteiger partial charge in [0.25, 0.3) is 0 Å². The van der Waals surface area contributed by atoms with Crippen LogP contribution in [-0.4, -0.2) is 18.4 Å². The molecular formula is C12H22CrO3. The fourth-order valence-corrected chi connectivity index (χ4v) is 1.32. The van der Waals surface area contributed by atoms with Gasteiger partial charge in [0.05, 0.1) is 6.61 Å². The third kappa shape index (κ3) is 13.7. The molecule has 94 valence electrons. The van der Waals surface area contributed by atoms with Crippen LogP contribution in [0.3, 0.4) is 0 Å². The zero-order chi connectivity index (χ0) is 11.5. The van der Waals surface area contributed by atoms with Gasteiger partial charge in [-0.3, -0.25) is 9.59 Å². The van der Waals surface area contributed by atoms with E-state index in [-0.39, 0.29) is 29.6 Å². The van der Waals surface area contributed by atoms with Gasteiger partial charge < -0.3 is 4.74 Å². The molecule has 0 aliphatic carbocycles. The number of esters is 1. The van der Waals surface area contributed by atoms with Gasteiger partial charge in [-0.05, 0) is 13.3 Å². The van der Waals surface area contributed by atoms with Gasteiger partial charge in [0.1, 0.15) is 12.2 Å². The zero-order valence-corrected chi connectivity index (χ0v) is 11.6. The van der Waals surface area contributed by atoms with Gasteiger partial charge in [-0.25, -0.2) is 0 Å². The molecule has 0 unspecified atom stereocenters. The SMILES string of the molecule is CCCCCCCCOC(=O)CC(C)=O.[Cr]. The Morgan fingerprint density at radius 1 is 1.00 bits per heavy atom. The van der Waals surface area contributed by atoms with E-state index in [0.717, 1.165) is 12.8 Å². The molecule has 0 atom stereocenters. The number of ketones is 1. The van der Waals surface area contributed by atoms with E-state index in [1.807, 2.05) is 0 Å². The minimum atomic E-state index is -0.393. The van der Waals surface area contributed by atoms with E-state index in [1.165, 1.54) is 32.6 Å². The van der Waals surface area contributed by atoms with Crippen LogP contribution in [0.2, 0.25) is 0 Å². The number of rotatable bonds is 9. The maximum absolute atomic E-state index is 10.9. The van der Waals surface area contributed by atoms with Crippen molar-refractivity contribution >= 4 is 11.8 Å². The molecule has 0 rings (SSSR count). The maximum Gasteiger partial charge on any atom is 0.313 e. The average molecular weight is 266 g/mol. The van der Waals surface area contributed by atoms with Gasteiger partial charge >= 0.3 is 5.97 Å². The molecule has 0 aromatic heterocycles. The van der Waals surface area contributed by atoms with Gasteiger partial charge in [0.2, 0.25) is 0 Å². The van der Waals surface area contributed by atoms with Crippen LogP contribution < -0.4 is 0 Å². The summed E-state index contributed by atoms with van der Waals surface area (Å²) in [6, 6.07) is 0. The summed E-state index contributed by atoms with van der Waals surface area (Å²) < 4.78 is 4.90. The second kappa shape index (κ2) is 12.7. The molecule has 0 bridgehead atoms. The Hall–Kier alpha value is -0.328. The topological polar surface area (TPSA) is 43.4 Å². The fraction of sp³-hybridized carbons (Fsp3) is 0.833. The largest absolute Gasteiger partial charge is 0.465 e. The van der Waals surface area contributed by atoms with Crippen LogP contribution in [0.1, 0.15) is 58.8 Å². The van der Waals surface area contributed by atoms with Crippen molar-refractivity contribution in [1.82, 2.24) is 0 Å². The molecule has 0 radical (unpaired) electrons. The predicted molar refractivity (Wildman–Crippen MR) is 59.6 cm³/mol. The van der Waals surface area contributed by atoms with E-state index in [4.69, 9.17) is 4.74 Å². The average Bonchev–Trinajstić information content (AvgIpc) is 2.15. The van der Waals surface area contributed by atoms with Crippen molar-refractivity contribution in [2.75, 3.05) is 6.61 Å². The molecular weight excluding hydrogens is 244 g/mol. The molecule has 3 nitrogen and oxygen atoms in total. The number of carbonyl (C=O) groups excluding carboxylic acids is 2. The summed E-state index contributed by atoms with van der Waals surface area (Å²) >= 11 is 0. The monoisotopic (exact) mass is 266 g/mol. The van der Waals surface area contributed by atoms with E-state index in [1.54, 1.807) is 0 Å². The first kappa shape index (κ1) is 18.0. The number of Topliss-reactive ketones (excluding diaryl/α,β-unsaturated/α-hetero) is 1. The Labute approximate surface area is 109 Å². The van der Waals surface area contributed by atoms with Crippen LogP contribution in [0.25, 0.3) is 0 Å². The smallest absolute Gasteiger partial charge is 0.313 e. The summed E-state index contributed by atoms with van der Waals surface area (Å²) in [7, 11) is 0. The molecule has 0 aromatic rings. The Kier molecular flexibility index (Phi) is 14.4. The van der Waals surface area contributed by atoms with Gasteiger partial charge in [-0.2, -0.15) is 0 Å². The molecule has 0 amide bonds. The van der Waals surface area contributed by atoms with E-state index in [9.17, 15) is 9.59 Å². The van der Waals surface area contributed by atoms with Crippen LogP contribution in [0.5, 0.6) is 0 Å². The van der Waals surface area contributed by atoms with Gasteiger partial charge in [0.15, 0.2) is 0 Å². The number of hydrogen-bond acceptors (Lipinski definition) is 3. The Morgan fingerprint density at radius 2 is 1.56 bits per heavy atom. The summed E-state index contributed by atoms with van der Waals surface area (Å²) in [5.41, 5.74) is 0. The fourth-order valence-electron chi connectivity index (χ4n) is 1.32. The first-order chi connectivity index (χ1) is 7.16. The summed E-state index contributed by atoms with van der Waals surface area (Å²) in [6.07, 6.45) is 6.92. The molecule has 0 aliphatic rings. The third-order valence-corrected chi connectivity index (χ3v) is 2.15. The molecule has 0 spiro atoms. The molecule has 16 heavy (non-hydrogen) atoms. The summed E-state index contributed by atoms with van der Waals surface area (Å²) in [6.45, 7) is 4.04. The van der Waals surface area contributed by atoms with Crippen LogP contribution in [0.4, 0.5) is 0 Å². The summed E-state index contributed by atoms with van der Waals surface area (Å²) in [4.78, 5) is 21.5. The van der Waals surface area contributed by atoms with E-state index in [2.05, 4.69) is 6.92 Å². The van der Waals surface area contributed by atoms with Crippen molar-refractivity contribution in [2.24, 2.45) is 0 Å². The Bertz CT molecular complexity index is 193. The van der Waals surface area contributed by atoms with Gasteiger partial charge in [0, 0.05) is 17.4 Å². The third-order valence-electron chi connectivity index (χ3n) is 2.15. The van der Waals surface area contributed by atoms with Crippen molar-refractivity contribution in [3.8, 4) is 0 Å². The molecule has 0 aromatic carbocycles. The second-order valence-electron chi connectivity index (χ2n) is 3.87. The van der Waals surface area contributed by atoms with Gasteiger partial charge in [-0.15, -0.1) is 0 Å². The molecule has 0 saturated carbocycles. The molecule has 0 heterocycles. The van der Waals surface area contributed by atoms with Crippen molar-refractivity contribution in [2.45, 2.75) is 58.8 Å². The zero-order valence-electron chi connectivity index (χ0n) is 10.3. The van der Waals surface area contributed by atoms with Crippen LogP contribution in [-0.2, 0) is 31.7 Å².